The summed E-state index contributed by atoms with van der Waals surface area (Å²) < 4.78 is 52.1. The van der Waals surface area contributed by atoms with Crippen molar-refractivity contribution in [1.82, 2.24) is 10.2 Å². The third-order valence-corrected chi connectivity index (χ3v) is 7.35. The van der Waals surface area contributed by atoms with Gasteiger partial charge in [-0.15, -0.1) is 0 Å². The molecule has 1 heterocycles. The zero-order valence-electron chi connectivity index (χ0n) is 21.0. The summed E-state index contributed by atoms with van der Waals surface area (Å²) in [6.45, 7) is 0.883. The van der Waals surface area contributed by atoms with E-state index < -0.39 is 18.1 Å². The van der Waals surface area contributed by atoms with Crippen molar-refractivity contribution in [2.45, 2.75) is 75.4 Å². The van der Waals surface area contributed by atoms with Gasteiger partial charge in [-0.05, 0) is 68.2 Å². The molecule has 1 aliphatic heterocycles. The van der Waals surface area contributed by atoms with E-state index in [4.69, 9.17) is 9.47 Å². The topological polar surface area (TPSA) is 50.8 Å². The number of piperidine rings is 1. The van der Waals surface area contributed by atoms with E-state index in [1.54, 1.807) is 30.3 Å². The number of amides is 1. The first-order chi connectivity index (χ1) is 17.4. The first-order valence-corrected chi connectivity index (χ1v) is 12.6. The number of halogens is 3. The Labute approximate surface area is 250 Å². The number of alkyl halides is 3. The first kappa shape index (κ1) is 30.3. The van der Waals surface area contributed by atoms with Gasteiger partial charge in [-0.3, -0.25) is 4.79 Å². The van der Waals surface area contributed by atoms with Gasteiger partial charge in [0.25, 0.3) is 0 Å². The number of para-hydroxylation sites is 1. The number of hydrogen-bond donors (Lipinski definition) is 1. The smallest absolute Gasteiger partial charge is 0.471 e. The number of nitrogens with zero attached hydrogens (tertiary/aromatic N) is 1. The van der Waals surface area contributed by atoms with Crippen LogP contribution in [-0.2, 0) is 16.1 Å². The summed E-state index contributed by atoms with van der Waals surface area (Å²) in [7, 11) is 3.55. The number of ether oxygens (including phenoxy) is 2. The van der Waals surface area contributed by atoms with E-state index in [0.717, 1.165) is 41.9 Å². The molecular formula is C28H34F3N2O3Pr-. The second-order valence-electron chi connectivity index (χ2n) is 9.68. The maximum Gasteiger partial charge on any atom is 0.471 e. The van der Waals surface area contributed by atoms with Crippen LogP contribution >= 0.6 is 0 Å². The largest absolute Gasteiger partial charge is 0.665 e. The number of rotatable bonds is 8. The van der Waals surface area contributed by atoms with E-state index in [-0.39, 0.29) is 66.6 Å². The molecule has 2 atom stereocenters. The van der Waals surface area contributed by atoms with Crippen LogP contribution in [0.3, 0.4) is 0 Å². The molecule has 1 amide bonds. The minimum absolute atomic E-state index is 0. The van der Waals surface area contributed by atoms with Crippen LogP contribution in [0, 0.1) is 48.4 Å². The van der Waals surface area contributed by atoms with Gasteiger partial charge in [0.2, 0.25) is 0 Å². The summed E-state index contributed by atoms with van der Waals surface area (Å²) in [6, 6.07) is 15.8. The van der Waals surface area contributed by atoms with Gasteiger partial charge >= 0.3 is 12.1 Å². The molecule has 2 aliphatic rings. The van der Waals surface area contributed by atoms with Gasteiger partial charge in [0.05, 0.1) is 24.5 Å². The molecule has 1 saturated heterocycles. The van der Waals surface area contributed by atoms with Crippen molar-refractivity contribution in [3.05, 3.63) is 72.8 Å². The van der Waals surface area contributed by atoms with E-state index in [1.807, 2.05) is 18.2 Å². The Morgan fingerprint density at radius 1 is 1.00 bits per heavy atom. The molecule has 1 aliphatic carbocycles. The van der Waals surface area contributed by atoms with Crippen LogP contribution in [0.5, 0.6) is 5.75 Å². The van der Waals surface area contributed by atoms with Gasteiger partial charge in [0.15, 0.2) is 0 Å². The molecule has 2 unspecified atom stereocenters. The molecule has 2 aromatic carbocycles. The van der Waals surface area contributed by atoms with Crippen LogP contribution in [0.4, 0.5) is 13.2 Å². The molecule has 1 saturated carbocycles. The number of benzene rings is 2. The van der Waals surface area contributed by atoms with Crippen molar-refractivity contribution in [3.63, 3.8) is 0 Å². The number of hydrogen-bond acceptors (Lipinski definition) is 4. The molecule has 0 bridgehead atoms. The summed E-state index contributed by atoms with van der Waals surface area (Å²) in [5, 5.41) is 3.32. The third-order valence-electron chi connectivity index (χ3n) is 7.35. The SMILES string of the molecule is [CH2-]Oc1ccccc1C1CCC(OCC2NCCCC2N(Cc2ccccc2)C(=O)C(F)(F)F)CC1.[Pr]. The van der Waals surface area contributed by atoms with Crippen molar-refractivity contribution in [2.24, 2.45) is 0 Å². The van der Waals surface area contributed by atoms with Crippen LogP contribution in [0.1, 0.15) is 55.6 Å². The summed E-state index contributed by atoms with van der Waals surface area (Å²) in [5.74, 6) is -0.630. The molecule has 37 heavy (non-hydrogen) atoms. The molecular weight excluding hydrogens is 610 g/mol. The van der Waals surface area contributed by atoms with Crippen molar-refractivity contribution in [1.29, 1.82) is 0 Å². The van der Waals surface area contributed by atoms with E-state index in [9.17, 15) is 18.0 Å². The van der Waals surface area contributed by atoms with Crippen molar-refractivity contribution >= 4 is 5.91 Å². The van der Waals surface area contributed by atoms with E-state index in [2.05, 4.69) is 18.5 Å². The van der Waals surface area contributed by atoms with Crippen molar-refractivity contribution in [3.8, 4) is 5.75 Å². The molecule has 2 fully saturated rings. The van der Waals surface area contributed by atoms with Crippen LogP contribution in [0.25, 0.3) is 0 Å². The average molecular weight is 644 g/mol. The minimum Gasteiger partial charge on any atom is -0.665 e. The summed E-state index contributed by atoms with van der Waals surface area (Å²) >= 11 is 0. The van der Waals surface area contributed by atoms with Crippen LogP contribution < -0.4 is 10.1 Å². The van der Waals surface area contributed by atoms with Gasteiger partial charge in [0, 0.05) is 53.9 Å². The molecule has 199 valence electrons. The summed E-state index contributed by atoms with van der Waals surface area (Å²) in [5.41, 5.74) is 1.83. The second kappa shape index (κ2) is 14.2. The Bertz CT molecular complexity index is 984. The second-order valence-corrected chi connectivity index (χ2v) is 9.68. The van der Waals surface area contributed by atoms with Gasteiger partial charge in [0.1, 0.15) is 0 Å². The molecule has 2 aromatic rings. The Balaban J connectivity index is 0.00000380. The average Bonchev–Trinajstić information content (AvgIpc) is 2.91. The Kier molecular flexibility index (Phi) is 11.7. The van der Waals surface area contributed by atoms with E-state index in [1.165, 1.54) is 0 Å². The Hall–Kier alpha value is -1.22. The predicted octanol–water partition coefficient (Wildman–Crippen LogP) is 5.61. The molecule has 1 radical (unpaired) electrons. The van der Waals surface area contributed by atoms with Crippen LogP contribution in [0.15, 0.2) is 54.6 Å². The van der Waals surface area contributed by atoms with Gasteiger partial charge < -0.3 is 19.7 Å². The maximum absolute atomic E-state index is 13.5. The molecule has 9 heteroatoms. The van der Waals surface area contributed by atoms with Crippen LogP contribution in [-0.4, -0.2) is 48.3 Å². The third kappa shape index (κ3) is 8.14. The van der Waals surface area contributed by atoms with E-state index >= 15 is 0 Å². The Morgan fingerprint density at radius 3 is 2.35 bits per heavy atom. The zero-order valence-corrected chi connectivity index (χ0v) is 24.7. The van der Waals surface area contributed by atoms with Gasteiger partial charge in [-0.25, -0.2) is 0 Å². The fraction of sp³-hybridized carbons (Fsp3) is 0.500. The molecule has 1 N–H and O–H groups in total. The monoisotopic (exact) mass is 644 g/mol. The fourth-order valence-electron chi connectivity index (χ4n) is 5.49. The number of nitrogens with one attached hydrogen (secondary N) is 1. The first-order valence-electron chi connectivity index (χ1n) is 12.6. The molecule has 4 rings (SSSR count). The molecule has 0 aromatic heterocycles. The minimum atomic E-state index is -4.93. The standard InChI is InChI=1S/C28H34F3N2O3.Pr/c1-35-26-12-6-5-10-23(26)21-13-15-22(16-14-21)36-19-24-25(11-7-17-32-24)33(27(34)28(29,30)31)18-20-8-3-2-4-9-20;/h2-6,8-10,12,21-22,24-25,32H,1,7,11,13-19H2;/q-1;. The number of carbonyl (C=O) groups is 1. The maximum atomic E-state index is 13.5. The normalized spacial score (nSPS) is 24.1. The molecule has 5 nitrogen and oxygen atoms in total. The number of carbonyl (C=O) groups excluding carboxylic acids is 1. The van der Waals surface area contributed by atoms with Crippen LogP contribution in [0.2, 0.25) is 0 Å². The van der Waals surface area contributed by atoms with E-state index in [0.29, 0.717) is 30.9 Å². The quantitative estimate of drug-likeness (QED) is 0.380. The fourth-order valence-corrected chi connectivity index (χ4v) is 5.49. The zero-order chi connectivity index (χ0) is 25.5. The summed E-state index contributed by atoms with van der Waals surface area (Å²) in [4.78, 5) is 13.4. The van der Waals surface area contributed by atoms with Crippen molar-refractivity contribution < 1.29 is 68.7 Å². The van der Waals surface area contributed by atoms with Gasteiger partial charge in [-0.2, -0.15) is 20.3 Å². The molecule has 0 spiro atoms. The van der Waals surface area contributed by atoms with Gasteiger partial charge in [-0.1, -0.05) is 48.5 Å². The Morgan fingerprint density at radius 2 is 1.68 bits per heavy atom. The van der Waals surface area contributed by atoms with Crippen molar-refractivity contribution in [2.75, 3.05) is 13.2 Å². The summed E-state index contributed by atoms with van der Waals surface area (Å²) in [6.07, 6.45) is -0.0614. The predicted molar refractivity (Wildman–Crippen MR) is 131 cm³/mol.